The van der Waals surface area contributed by atoms with E-state index in [-0.39, 0.29) is 0 Å². The maximum atomic E-state index is 5.22. The lowest BCUT2D eigenvalue weighted by Crippen LogP contribution is -2.12. The van der Waals surface area contributed by atoms with Crippen molar-refractivity contribution in [2.45, 2.75) is 6.92 Å². The third-order valence-corrected chi connectivity index (χ3v) is 1.80. The van der Waals surface area contributed by atoms with Gasteiger partial charge in [-0.15, -0.1) is 0 Å². The van der Waals surface area contributed by atoms with Crippen LogP contribution in [0.25, 0.3) is 5.82 Å². The van der Waals surface area contributed by atoms with E-state index in [0.29, 0.717) is 5.95 Å². The predicted octanol–water partition coefficient (Wildman–Crippen LogP) is 0.256. The zero-order chi connectivity index (χ0) is 9.97. The average molecular weight is 190 g/mol. The van der Waals surface area contributed by atoms with Crippen LogP contribution in [0, 0.1) is 6.92 Å². The van der Waals surface area contributed by atoms with Crippen molar-refractivity contribution in [1.29, 1.82) is 0 Å². The summed E-state index contributed by atoms with van der Waals surface area (Å²) in [7, 11) is 0. The Hall–Kier alpha value is -1.95. The van der Waals surface area contributed by atoms with Gasteiger partial charge >= 0.3 is 0 Å². The largest absolute Gasteiger partial charge is 0.292 e. The van der Waals surface area contributed by atoms with Crippen LogP contribution >= 0.6 is 0 Å². The van der Waals surface area contributed by atoms with Crippen molar-refractivity contribution in [1.82, 2.24) is 19.7 Å². The van der Waals surface area contributed by atoms with E-state index in [1.807, 2.05) is 19.2 Å². The summed E-state index contributed by atoms with van der Waals surface area (Å²) in [6.07, 6.45) is 5.20. The first kappa shape index (κ1) is 8.64. The van der Waals surface area contributed by atoms with Crippen LogP contribution in [-0.2, 0) is 0 Å². The second-order valence-electron chi connectivity index (χ2n) is 2.80. The van der Waals surface area contributed by atoms with Gasteiger partial charge in [-0.05, 0) is 13.0 Å². The molecular weight excluding hydrogens is 180 g/mol. The fraction of sp³-hybridized carbons (Fsp3) is 0.125. The van der Waals surface area contributed by atoms with Crippen molar-refractivity contribution in [2.24, 2.45) is 5.84 Å². The normalized spacial score (nSPS) is 10.1. The maximum absolute atomic E-state index is 5.22. The first-order chi connectivity index (χ1) is 6.81. The Morgan fingerprint density at radius 1 is 1.50 bits per heavy atom. The van der Waals surface area contributed by atoms with Gasteiger partial charge in [-0.1, -0.05) is 0 Å². The van der Waals surface area contributed by atoms with E-state index in [1.165, 1.54) is 0 Å². The number of aromatic nitrogens is 4. The molecule has 14 heavy (non-hydrogen) atoms. The average Bonchev–Trinajstić information content (AvgIpc) is 2.71. The third kappa shape index (κ3) is 1.42. The van der Waals surface area contributed by atoms with Crippen molar-refractivity contribution in [2.75, 3.05) is 5.43 Å². The molecule has 6 nitrogen and oxygen atoms in total. The number of nitrogens with zero attached hydrogens (tertiary/aromatic N) is 4. The molecule has 2 aromatic heterocycles. The Morgan fingerprint density at radius 3 is 3.00 bits per heavy atom. The fourth-order valence-electron chi connectivity index (χ4n) is 1.13. The second-order valence-corrected chi connectivity index (χ2v) is 2.80. The van der Waals surface area contributed by atoms with E-state index < -0.39 is 0 Å². The monoisotopic (exact) mass is 190 g/mol. The van der Waals surface area contributed by atoms with E-state index in [4.69, 9.17) is 5.84 Å². The Labute approximate surface area is 80.8 Å². The molecule has 0 aliphatic heterocycles. The minimum atomic E-state index is 0.376. The minimum Gasteiger partial charge on any atom is -0.292 e. The molecule has 0 amide bonds. The SMILES string of the molecule is Cc1cnc(NN)nc1-n1cccn1. The summed E-state index contributed by atoms with van der Waals surface area (Å²) in [6.45, 7) is 1.91. The van der Waals surface area contributed by atoms with Crippen LogP contribution in [-0.4, -0.2) is 19.7 Å². The van der Waals surface area contributed by atoms with Crippen LogP contribution in [0.15, 0.2) is 24.7 Å². The molecule has 2 aromatic rings. The molecule has 0 unspecified atom stereocenters. The van der Waals surface area contributed by atoms with Gasteiger partial charge in [0.15, 0.2) is 5.82 Å². The minimum absolute atomic E-state index is 0.376. The van der Waals surface area contributed by atoms with Gasteiger partial charge in [-0.3, -0.25) is 5.43 Å². The molecule has 72 valence electrons. The summed E-state index contributed by atoms with van der Waals surface area (Å²) < 4.78 is 1.66. The summed E-state index contributed by atoms with van der Waals surface area (Å²) >= 11 is 0. The van der Waals surface area contributed by atoms with Crippen molar-refractivity contribution >= 4 is 5.95 Å². The number of hydrogen-bond donors (Lipinski definition) is 2. The van der Waals surface area contributed by atoms with Crippen LogP contribution in [0.4, 0.5) is 5.95 Å². The highest BCUT2D eigenvalue weighted by atomic mass is 15.3. The molecular formula is C8H10N6. The molecule has 0 radical (unpaired) electrons. The Kier molecular flexibility index (Phi) is 2.11. The summed E-state index contributed by atoms with van der Waals surface area (Å²) in [6, 6.07) is 1.83. The van der Waals surface area contributed by atoms with E-state index in [2.05, 4.69) is 20.5 Å². The van der Waals surface area contributed by atoms with Gasteiger partial charge in [0.05, 0.1) is 0 Å². The molecule has 6 heteroatoms. The van der Waals surface area contributed by atoms with Crippen molar-refractivity contribution in [3.8, 4) is 5.82 Å². The number of rotatable bonds is 2. The van der Waals surface area contributed by atoms with Crippen molar-refractivity contribution in [3.63, 3.8) is 0 Å². The highest BCUT2D eigenvalue weighted by Crippen LogP contribution is 2.10. The van der Waals surface area contributed by atoms with Gasteiger partial charge in [-0.25, -0.2) is 15.5 Å². The van der Waals surface area contributed by atoms with Crippen LogP contribution in [0.5, 0.6) is 0 Å². The molecule has 0 saturated carbocycles. The van der Waals surface area contributed by atoms with E-state index >= 15 is 0 Å². The molecule has 3 N–H and O–H groups in total. The van der Waals surface area contributed by atoms with Crippen molar-refractivity contribution < 1.29 is 0 Å². The Bertz CT molecular complexity index is 421. The van der Waals surface area contributed by atoms with E-state index in [9.17, 15) is 0 Å². The molecule has 2 heterocycles. The smallest absolute Gasteiger partial charge is 0.239 e. The van der Waals surface area contributed by atoms with Gasteiger partial charge in [0, 0.05) is 24.2 Å². The van der Waals surface area contributed by atoms with E-state index in [1.54, 1.807) is 17.1 Å². The molecule has 0 aromatic carbocycles. The van der Waals surface area contributed by atoms with Gasteiger partial charge in [0.1, 0.15) is 0 Å². The predicted molar refractivity (Wildman–Crippen MR) is 51.7 cm³/mol. The lowest BCUT2D eigenvalue weighted by atomic mass is 10.3. The van der Waals surface area contributed by atoms with Gasteiger partial charge in [-0.2, -0.15) is 10.1 Å². The first-order valence-corrected chi connectivity index (χ1v) is 4.11. The Morgan fingerprint density at radius 2 is 2.36 bits per heavy atom. The number of nitrogen functional groups attached to an aromatic ring is 1. The number of aryl methyl sites for hydroxylation is 1. The second kappa shape index (κ2) is 3.43. The van der Waals surface area contributed by atoms with E-state index in [0.717, 1.165) is 11.4 Å². The van der Waals surface area contributed by atoms with Gasteiger partial charge < -0.3 is 0 Å². The summed E-state index contributed by atoms with van der Waals surface area (Å²) in [5.74, 6) is 6.31. The zero-order valence-corrected chi connectivity index (χ0v) is 7.68. The molecule has 0 saturated heterocycles. The molecule has 0 aliphatic carbocycles. The third-order valence-electron chi connectivity index (χ3n) is 1.80. The zero-order valence-electron chi connectivity index (χ0n) is 7.68. The Balaban J connectivity index is 2.51. The summed E-state index contributed by atoms with van der Waals surface area (Å²) in [5, 5.41) is 4.08. The number of nitrogens with two attached hydrogens (primary N) is 1. The topological polar surface area (TPSA) is 81.6 Å². The van der Waals surface area contributed by atoms with Crippen LogP contribution in [0.3, 0.4) is 0 Å². The van der Waals surface area contributed by atoms with Crippen LogP contribution < -0.4 is 11.3 Å². The molecule has 0 atom stereocenters. The lowest BCUT2D eigenvalue weighted by Gasteiger charge is -2.05. The maximum Gasteiger partial charge on any atom is 0.239 e. The number of anilines is 1. The van der Waals surface area contributed by atoms with Crippen LogP contribution in [0.1, 0.15) is 5.56 Å². The molecule has 0 spiro atoms. The highest BCUT2D eigenvalue weighted by molar-refractivity contribution is 5.36. The highest BCUT2D eigenvalue weighted by Gasteiger charge is 2.04. The standard InChI is InChI=1S/C8H10N6/c1-6-5-10-8(13-9)12-7(6)14-4-2-3-11-14/h2-5H,9H2,1H3,(H,10,12,13). The van der Waals surface area contributed by atoms with Crippen molar-refractivity contribution in [3.05, 3.63) is 30.2 Å². The summed E-state index contributed by atoms with van der Waals surface area (Å²) in [4.78, 5) is 8.17. The van der Waals surface area contributed by atoms with Crippen LogP contribution in [0.2, 0.25) is 0 Å². The number of hydrogen-bond acceptors (Lipinski definition) is 5. The fourth-order valence-corrected chi connectivity index (χ4v) is 1.13. The first-order valence-electron chi connectivity index (χ1n) is 4.11. The molecule has 2 rings (SSSR count). The number of nitrogens with one attached hydrogen (secondary N) is 1. The van der Waals surface area contributed by atoms with Gasteiger partial charge in [0.25, 0.3) is 0 Å². The molecule has 0 aliphatic rings. The molecule has 0 bridgehead atoms. The quantitative estimate of drug-likeness (QED) is 0.524. The number of hydrazine groups is 1. The molecule has 0 fully saturated rings. The lowest BCUT2D eigenvalue weighted by molar-refractivity contribution is 0.830. The summed E-state index contributed by atoms with van der Waals surface area (Å²) in [5.41, 5.74) is 3.33. The van der Waals surface area contributed by atoms with Gasteiger partial charge in [0.2, 0.25) is 5.95 Å².